The molecule has 1 aromatic rings. The maximum Gasteiger partial charge on any atom is 0.233 e. The Balaban J connectivity index is 1.52. The number of aryl methyl sites for hydroxylation is 1. The lowest BCUT2D eigenvalue weighted by atomic mass is 9.77. The molecule has 0 radical (unpaired) electrons. The van der Waals surface area contributed by atoms with Crippen LogP contribution in [0.2, 0.25) is 0 Å². The van der Waals surface area contributed by atoms with Gasteiger partial charge in [-0.3, -0.25) is 9.59 Å². The molecule has 6 rings (SSSR count). The first kappa shape index (κ1) is 15.0. The fourth-order valence-electron chi connectivity index (χ4n) is 5.95. The van der Waals surface area contributed by atoms with Crippen LogP contribution in [0.1, 0.15) is 42.9 Å². The molecule has 0 aliphatic carbocycles. The van der Waals surface area contributed by atoms with Crippen LogP contribution in [-0.4, -0.2) is 41.0 Å². The van der Waals surface area contributed by atoms with Crippen LogP contribution in [0.4, 0.5) is 5.69 Å². The third-order valence-corrected chi connectivity index (χ3v) is 7.04. The summed E-state index contributed by atoms with van der Waals surface area (Å²) in [5.41, 5.74) is 2.78. The molecule has 5 aliphatic rings. The Hall–Kier alpha value is -2.14. The highest BCUT2D eigenvalue weighted by atomic mass is 16.5. The predicted molar refractivity (Wildman–Crippen MR) is 95.6 cm³/mol. The number of carbonyl (C=O) groups is 2. The molecular formula is C21H22N2O3. The Morgan fingerprint density at radius 1 is 1.23 bits per heavy atom. The van der Waals surface area contributed by atoms with Crippen LogP contribution in [0.15, 0.2) is 30.4 Å². The van der Waals surface area contributed by atoms with E-state index in [0.717, 1.165) is 37.1 Å². The zero-order valence-corrected chi connectivity index (χ0v) is 14.9. The van der Waals surface area contributed by atoms with Crippen molar-refractivity contribution in [2.75, 3.05) is 11.4 Å². The summed E-state index contributed by atoms with van der Waals surface area (Å²) in [6.45, 7) is 2.88. The predicted octanol–water partition coefficient (Wildman–Crippen LogP) is 2.49. The normalized spacial score (nSPS) is 39.6. The maximum absolute atomic E-state index is 13.3. The molecule has 3 fully saturated rings. The summed E-state index contributed by atoms with van der Waals surface area (Å²) >= 11 is 0. The number of hydrogen-bond donors (Lipinski definition) is 0. The van der Waals surface area contributed by atoms with E-state index < -0.39 is 5.60 Å². The van der Waals surface area contributed by atoms with E-state index in [9.17, 15) is 9.59 Å². The second-order valence-corrected chi connectivity index (χ2v) is 8.39. The second-order valence-electron chi connectivity index (χ2n) is 8.39. The molecule has 5 heterocycles. The first-order valence-corrected chi connectivity index (χ1v) is 9.69. The van der Waals surface area contributed by atoms with E-state index in [1.54, 1.807) is 0 Å². The van der Waals surface area contributed by atoms with Gasteiger partial charge in [0.2, 0.25) is 11.8 Å². The molecule has 2 amide bonds. The number of anilines is 1. The molecule has 26 heavy (non-hydrogen) atoms. The van der Waals surface area contributed by atoms with Crippen LogP contribution in [0.25, 0.3) is 0 Å². The molecule has 3 saturated heterocycles. The topological polar surface area (TPSA) is 49.9 Å². The first-order chi connectivity index (χ1) is 12.6. The van der Waals surface area contributed by atoms with Gasteiger partial charge in [-0.05, 0) is 37.8 Å². The van der Waals surface area contributed by atoms with Crippen molar-refractivity contribution in [1.82, 2.24) is 4.90 Å². The van der Waals surface area contributed by atoms with Gasteiger partial charge in [0.15, 0.2) is 0 Å². The standard InChI is InChI=1S/C21H22N2O3/c1-12-4-5-16-14(9-12)17(22-8-2-3-19(22)24)11-18-21-7-6-13(26-21)10-15(21)20(25)23(16)18/h4-7,9,13,15,17-18H,2-3,8,10-11H2,1H3/t13-,15+,17+,18+,21+/m1/s1. The van der Waals surface area contributed by atoms with E-state index in [-0.39, 0.29) is 35.9 Å². The molecule has 2 bridgehead atoms. The molecule has 0 N–H and O–H groups in total. The monoisotopic (exact) mass is 350 g/mol. The van der Waals surface area contributed by atoms with Gasteiger partial charge in [-0.25, -0.2) is 0 Å². The van der Waals surface area contributed by atoms with Crippen molar-refractivity contribution >= 4 is 17.5 Å². The molecule has 1 aromatic carbocycles. The number of benzene rings is 1. The van der Waals surface area contributed by atoms with Crippen molar-refractivity contribution in [1.29, 1.82) is 0 Å². The molecule has 0 saturated carbocycles. The summed E-state index contributed by atoms with van der Waals surface area (Å²) in [4.78, 5) is 29.8. The highest BCUT2D eigenvalue weighted by molar-refractivity contribution is 6.02. The molecule has 1 spiro atoms. The quantitative estimate of drug-likeness (QED) is 0.731. The van der Waals surface area contributed by atoms with E-state index in [1.807, 2.05) is 9.80 Å². The molecule has 134 valence electrons. The minimum Gasteiger partial charge on any atom is -0.361 e. The summed E-state index contributed by atoms with van der Waals surface area (Å²) in [7, 11) is 0. The molecule has 0 unspecified atom stereocenters. The highest BCUT2D eigenvalue weighted by Crippen LogP contribution is 2.58. The van der Waals surface area contributed by atoms with Crippen molar-refractivity contribution in [2.24, 2.45) is 5.92 Å². The minimum atomic E-state index is -0.495. The molecule has 5 nitrogen and oxygen atoms in total. The van der Waals surface area contributed by atoms with E-state index in [2.05, 4.69) is 37.3 Å². The SMILES string of the molecule is Cc1ccc2c(c1)[C@@H](N1CCCC1=O)C[C@@H]1N2C(=O)[C@@H]2C[C@H]3C=C[C@@]12O3. The molecule has 5 aliphatic heterocycles. The third-order valence-electron chi connectivity index (χ3n) is 7.04. The Bertz CT molecular complexity index is 878. The Labute approximate surface area is 152 Å². The van der Waals surface area contributed by atoms with Crippen LogP contribution >= 0.6 is 0 Å². The van der Waals surface area contributed by atoms with Gasteiger partial charge in [-0.1, -0.05) is 29.8 Å². The molecule has 5 heteroatoms. The fourth-order valence-corrected chi connectivity index (χ4v) is 5.95. The zero-order valence-electron chi connectivity index (χ0n) is 14.9. The lowest BCUT2D eigenvalue weighted by molar-refractivity contribution is -0.130. The van der Waals surface area contributed by atoms with Crippen LogP contribution in [-0.2, 0) is 14.3 Å². The summed E-state index contributed by atoms with van der Waals surface area (Å²) in [6, 6.07) is 6.32. The third kappa shape index (κ3) is 1.65. The average Bonchev–Trinajstić information content (AvgIpc) is 3.37. The minimum absolute atomic E-state index is 0.0163. The summed E-state index contributed by atoms with van der Waals surface area (Å²) < 4.78 is 6.32. The van der Waals surface area contributed by atoms with Gasteiger partial charge < -0.3 is 14.5 Å². The lowest BCUT2D eigenvalue weighted by Crippen LogP contribution is -2.50. The smallest absolute Gasteiger partial charge is 0.233 e. The van der Waals surface area contributed by atoms with Crippen molar-refractivity contribution in [3.8, 4) is 0 Å². The van der Waals surface area contributed by atoms with E-state index in [1.165, 1.54) is 5.56 Å². The maximum atomic E-state index is 13.3. The van der Waals surface area contributed by atoms with Gasteiger partial charge in [-0.2, -0.15) is 0 Å². The average molecular weight is 350 g/mol. The van der Waals surface area contributed by atoms with E-state index in [0.29, 0.717) is 6.42 Å². The van der Waals surface area contributed by atoms with E-state index in [4.69, 9.17) is 4.74 Å². The van der Waals surface area contributed by atoms with Crippen LogP contribution in [0, 0.1) is 12.8 Å². The van der Waals surface area contributed by atoms with Crippen LogP contribution in [0.3, 0.4) is 0 Å². The number of ether oxygens (including phenoxy) is 1. The van der Waals surface area contributed by atoms with Crippen molar-refractivity contribution < 1.29 is 14.3 Å². The molecule has 5 atom stereocenters. The van der Waals surface area contributed by atoms with Crippen LogP contribution < -0.4 is 4.90 Å². The van der Waals surface area contributed by atoms with Crippen LogP contribution in [0.5, 0.6) is 0 Å². The number of likely N-dealkylation sites (tertiary alicyclic amines) is 1. The van der Waals surface area contributed by atoms with Gasteiger partial charge >= 0.3 is 0 Å². The van der Waals surface area contributed by atoms with Gasteiger partial charge in [0.25, 0.3) is 0 Å². The van der Waals surface area contributed by atoms with Gasteiger partial charge in [0.1, 0.15) is 5.60 Å². The van der Waals surface area contributed by atoms with E-state index >= 15 is 0 Å². The second kappa shape index (κ2) is 4.77. The lowest BCUT2D eigenvalue weighted by Gasteiger charge is -2.44. The van der Waals surface area contributed by atoms with Crippen molar-refractivity contribution in [3.05, 3.63) is 41.5 Å². The van der Waals surface area contributed by atoms with Gasteiger partial charge in [0.05, 0.1) is 24.1 Å². The Morgan fingerprint density at radius 2 is 2.12 bits per heavy atom. The van der Waals surface area contributed by atoms with Crippen molar-refractivity contribution in [3.63, 3.8) is 0 Å². The Kier molecular flexibility index (Phi) is 2.75. The first-order valence-electron chi connectivity index (χ1n) is 9.69. The largest absolute Gasteiger partial charge is 0.361 e. The number of carbonyl (C=O) groups excluding carboxylic acids is 2. The van der Waals surface area contributed by atoms with Gasteiger partial charge in [-0.15, -0.1) is 0 Å². The van der Waals surface area contributed by atoms with Crippen molar-refractivity contribution in [2.45, 2.75) is 56.4 Å². The summed E-state index contributed by atoms with van der Waals surface area (Å²) in [5, 5.41) is 0. The molecule has 0 aromatic heterocycles. The zero-order chi connectivity index (χ0) is 17.6. The number of nitrogens with zero attached hydrogens (tertiary/aromatic N) is 2. The number of rotatable bonds is 1. The fraction of sp³-hybridized carbons (Fsp3) is 0.524. The number of amides is 2. The van der Waals surface area contributed by atoms with Gasteiger partial charge in [0, 0.05) is 18.7 Å². The number of fused-ring (bicyclic) bond motifs is 4. The number of hydrogen-bond acceptors (Lipinski definition) is 3. The Morgan fingerprint density at radius 3 is 2.88 bits per heavy atom. The summed E-state index contributed by atoms with van der Waals surface area (Å²) in [6.07, 6.45) is 7.45. The summed E-state index contributed by atoms with van der Waals surface area (Å²) in [5.74, 6) is 0.351. The molecular weight excluding hydrogens is 328 g/mol. The highest BCUT2D eigenvalue weighted by Gasteiger charge is 2.67.